The molecule has 0 bridgehead atoms. The van der Waals surface area contributed by atoms with Crippen LogP contribution in [0.1, 0.15) is 13.8 Å². The summed E-state index contributed by atoms with van der Waals surface area (Å²) in [6, 6.07) is 7.91. The third-order valence-electron chi connectivity index (χ3n) is 2.19. The normalized spacial score (nSPS) is 12.8. The lowest BCUT2D eigenvalue weighted by Crippen LogP contribution is -2.20. The van der Waals surface area contributed by atoms with Gasteiger partial charge in [0.25, 0.3) is 0 Å². The molecule has 0 spiro atoms. The molecule has 0 amide bonds. The maximum Gasteiger partial charge on any atom is 0.303 e. The maximum absolute atomic E-state index is 12.1. The van der Waals surface area contributed by atoms with Crippen LogP contribution in [0.3, 0.4) is 0 Å². The van der Waals surface area contributed by atoms with Crippen molar-refractivity contribution in [3.63, 3.8) is 0 Å². The predicted molar refractivity (Wildman–Crippen MR) is 64.0 cm³/mol. The number of hydrogen-bond donors (Lipinski definition) is 0. The molecule has 1 atom stereocenters. The molecular formula is C12H14O4S. The quantitative estimate of drug-likeness (QED) is 0.770. The van der Waals surface area contributed by atoms with E-state index in [4.69, 9.17) is 4.74 Å². The van der Waals surface area contributed by atoms with Crippen LogP contribution < -0.4 is 0 Å². The highest BCUT2D eigenvalue weighted by Crippen LogP contribution is 2.21. The third kappa shape index (κ3) is 3.17. The minimum absolute atomic E-state index is 0.126. The number of esters is 1. The van der Waals surface area contributed by atoms with E-state index in [0.717, 1.165) is 0 Å². The van der Waals surface area contributed by atoms with Gasteiger partial charge in [-0.3, -0.25) is 4.79 Å². The fraction of sp³-hybridized carbons (Fsp3) is 0.250. The van der Waals surface area contributed by atoms with E-state index < -0.39 is 21.9 Å². The Balaban J connectivity index is 3.00. The Morgan fingerprint density at radius 3 is 2.29 bits per heavy atom. The second kappa shape index (κ2) is 5.14. The first-order valence-corrected chi connectivity index (χ1v) is 6.50. The van der Waals surface area contributed by atoms with Crippen molar-refractivity contribution >= 4 is 15.8 Å². The van der Waals surface area contributed by atoms with Crippen molar-refractivity contribution in [3.05, 3.63) is 41.8 Å². The van der Waals surface area contributed by atoms with Gasteiger partial charge in [-0.15, -0.1) is 0 Å². The molecule has 0 saturated heterocycles. The van der Waals surface area contributed by atoms with E-state index in [-0.39, 0.29) is 9.80 Å². The smallest absolute Gasteiger partial charge is 0.303 e. The Hall–Kier alpha value is -1.62. The van der Waals surface area contributed by atoms with Gasteiger partial charge in [-0.25, -0.2) is 8.42 Å². The summed E-state index contributed by atoms with van der Waals surface area (Å²) in [6.45, 7) is 6.19. The van der Waals surface area contributed by atoms with Crippen LogP contribution in [0.5, 0.6) is 0 Å². The molecule has 1 aromatic carbocycles. The molecule has 0 aliphatic heterocycles. The summed E-state index contributed by atoms with van der Waals surface area (Å²) in [5.41, 5.74) is 0. The minimum Gasteiger partial charge on any atom is -0.457 e. The zero-order valence-electron chi connectivity index (χ0n) is 9.71. The van der Waals surface area contributed by atoms with E-state index in [2.05, 4.69) is 6.58 Å². The molecule has 0 saturated carbocycles. The molecule has 0 N–H and O–H groups in total. The lowest BCUT2D eigenvalue weighted by molar-refractivity contribution is -0.143. The first kappa shape index (κ1) is 13.4. The molecule has 0 fully saturated rings. The van der Waals surface area contributed by atoms with Crippen molar-refractivity contribution in [3.8, 4) is 0 Å². The number of ether oxygens (including phenoxy) is 1. The highest BCUT2D eigenvalue weighted by atomic mass is 32.2. The monoisotopic (exact) mass is 254 g/mol. The number of rotatable bonds is 4. The largest absolute Gasteiger partial charge is 0.457 e. The first-order chi connectivity index (χ1) is 7.85. The summed E-state index contributed by atoms with van der Waals surface area (Å²) in [7, 11) is -3.66. The molecule has 5 heteroatoms. The molecule has 0 aliphatic carbocycles. The summed E-state index contributed by atoms with van der Waals surface area (Å²) < 4.78 is 28.9. The van der Waals surface area contributed by atoms with Crippen molar-refractivity contribution in [1.82, 2.24) is 0 Å². The molecule has 1 aromatic rings. The average molecular weight is 254 g/mol. The van der Waals surface area contributed by atoms with Gasteiger partial charge in [-0.2, -0.15) is 0 Å². The highest BCUT2D eigenvalue weighted by Gasteiger charge is 2.25. The van der Waals surface area contributed by atoms with Crippen LogP contribution in [0, 0.1) is 0 Å². The van der Waals surface area contributed by atoms with Gasteiger partial charge in [-0.05, 0) is 19.1 Å². The summed E-state index contributed by atoms with van der Waals surface area (Å²) >= 11 is 0. The van der Waals surface area contributed by atoms with Gasteiger partial charge in [0.05, 0.1) is 9.80 Å². The van der Waals surface area contributed by atoms with Crippen LogP contribution in [-0.2, 0) is 19.4 Å². The van der Waals surface area contributed by atoms with Crippen molar-refractivity contribution in [2.75, 3.05) is 0 Å². The third-order valence-corrected chi connectivity index (χ3v) is 4.11. The van der Waals surface area contributed by atoms with Crippen molar-refractivity contribution in [2.45, 2.75) is 24.8 Å². The van der Waals surface area contributed by atoms with Crippen LogP contribution in [0.25, 0.3) is 0 Å². The van der Waals surface area contributed by atoms with Gasteiger partial charge in [0.15, 0.2) is 0 Å². The molecule has 17 heavy (non-hydrogen) atoms. The fourth-order valence-electron chi connectivity index (χ4n) is 1.28. The van der Waals surface area contributed by atoms with Gasteiger partial charge in [0.2, 0.25) is 9.84 Å². The van der Waals surface area contributed by atoms with Crippen molar-refractivity contribution in [2.24, 2.45) is 0 Å². The summed E-state index contributed by atoms with van der Waals surface area (Å²) in [5, 5.41) is 0. The molecule has 4 nitrogen and oxygen atoms in total. The van der Waals surface area contributed by atoms with Gasteiger partial charge >= 0.3 is 5.97 Å². The van der Waals surface area contributed by atoms with Crippen LogP contribution in [0.4, 0.5) is 0 Å². The summed E-state index contributed by atoms with van der Waals surface area (Å²) in [6.07, 6.45) is -0.863. The van der Waals surface area contributed by atoms with Gasteiger partial charge < -0.3 is 4.74 Å². The van der Waals surface area contributed by atoms with Crippen molar-refractivity contribution in [1.29, 1.82) is 0 Å². The van der Waals surface area contributed by atoms with Gasteiger partial charge in [0.1, 0.15) is 6.10 Å². The van der Waals surface area contributed by atoms with E-state index in [1.807, 2.05) is 0 Å². The Morgan fingerprint density at radius 2 is 1.82 bits per heavy atom. The zero-order chi connectivity index (χ0) is 13.1. The zero-order valence-corrected chi connectivity index (χ0v) is 10.5. The SMILES string of the molecule is C=C(C(C)OC(C)=O)S(=O)(=O)c1ccccc1. The van der Waals surface area contributed by atoms with E-state index in [0.29, 0.717) is 0 Å². The number of benzene rings is 1. The lowest BCUT2D eigenvalue weighted by atomic mass is 10.4. The van der Waals surface area contributed by atoms with Crippen LogP contribution in [0.2, 0.25) is 0 Å². The van der Waals surface area contributed by atoms with E-state index in [9.17, 15) is 13.2 Å². The Morgan fingerprint density at radius 1 is 1.29 bits per heavy atom. The molecule has 0 aliphatic rings. The van der Waals surface area contributed by atoms with E-state index in [1.165, 1.54) is 26.0 Å². The van der Waals surface area contributed by atoms with Crippen LogP contribution in [-0.4, -0.2) is 20.5 Å². The second-order valence-electron chi connectivity index (χ2n) is 3.53. The molecule has 0 heterocycles. The van der Waals surface area contributed by atoms with E-state index in [1.54, 1.807) is 18.2 Å². The number of hydrogen-bond acceptors (Lipinski definition) is 4. The fourth-order valence-corrected chi connectivity index (χ4v) is 2.59. The average Bonchev–Trinajstić information content (AvgIpc) is 2.28. The van der Waals surface area contributed by atoms with Gasteiger partial charge in [0, 0.05) is 6.92 Å². The Bertz CT molecular complexity index is 517. The Labute approximate surface area is 101 Å². The van der Waals surface area contributed by atoms with Crippen LogP contribution in [0.15, 0.2) is 46.7 Å². The number of carbonyl (C=O) groups is 1. The minimum atomic E-state index is -3.66. The molecule has 1 rings (SSSR count). The molecule has 0 radical (unpaired) electrons. The van der Waals surface area contributed by atoms with E-state index >= 15 is 0 Å². The maximum atomic E-state index is 12.1. The highest BCUT2D eigenvalue weighted by molar-refractivity contribution is 7.95. The van der Waals surface area contributed by atoms with Crippen molar-refractivity contribution < 1.29 is 17.9 Å². The number of sulfone groups is 1. The van der Waals surface area contributed by atoms with Gasteiger partial charge in [-0.1, -0.05) is 24.8 Å². The molecular weight excluding hydrogens is 240 g/mol. The molecule has 0 aromatic heterocycles. The standard InChI is InChI=1S/C12H14O4S/c1-9(16-11(3)13)10(2)17(14,15)12-7-5-4-6-8-12/h4-9H,2H2,1,3H3. The van der Waals surface area contributed by atoms with Crippen LogP contribution >= 0.6 is 0 Å². The second-order valence-corrected chi connectivity index (χ2v) is 5.54. The lowest BCUT2D eigenvalue weighted by Gasteiger charge is -2.15. The first-order valence-electron chi connectivity index (χ1n) is 5.02. The number of carbonyl (C=O) groups excluding carboxylic acids is 1. The summed E-state index contributed by atoms with van der Waals surface area (Å²) in [4.78, 5) is 10.8. The topological polar surface area (TPSA) is 60.4 Å². The summed E-state index contributed by atoms with van der Waals surface area (Å²) in [5.74, 6) is -0.540. The Kier molecular flexibility index (Phi) is 4.07. The molecule has 92 valence electrons. The predicted octanol–water partition coefficient (Wildman–Crippen LogP) is 1.93. The molecule has 1 unspecified atom stereocenters.